The third-order valence-corrected chi connectivity index (χ3v) is 5.87. The average Bonchev–Trinajstić information content (AvgIpc) is 3.13. The summed E-state index contributed by atoms with van der Waals surface area (Å²) in [5.41, 5.74) is 4.98. The minimum atomic E-state index is -0.269. The number of amides is 1. The Balaban J connectivity index is 1.56. The normalized spacial score (nSPS) is 17.1. The molecule has 1 aliphatic heterocycles. The lowest BCUT2D eigenvalue weighted by Gasteiger charge is -2.32. The van der Waals surface area contributed by atoms with Gasteiger partial charge in [-0.1, -0.05) is 18.2 Å². The molecule has 1 amide bonds. The number of hydrogen-bond acceptors (Lipinski definition) is 4. The quantitative estimate of drug-likeness (QED) is 0.662. The predicted molar refractivity (Wildman–Crippen MR) is 104 cm³/mol. The molecule has 0 unspecified atom stereocenters. The molecule has 1 fully saturated rings. The van der Waals surface area contributed by atoms with E-state index in [1.54, 1.807) is 11.6 Å². The Morgan fingerprint density at radius 2 is 2.11 bits per heavy atom. The van der Waals surface area contributed by atoms with Gasteiger partial charge in [-0.25, -0.2) is 9.37 Å². The summed E-state index contributed by atoms with van der Waals surface area (Å²) in [6.07, 6.45) is 1.94. The molecule has 1 aliphatic rings. The molecule has 3 aromatic rings. The van der Waals surface area contributed by atoms with E-state index >= 15 is 0 Å². The number of rotatable bonds is 3. The summed E-state index contributed by atoms with van der Waals surface area (Å²) in [4.78, 5) is 24.4. The maximum atomic E-state index is 13.5. The topological polar surface area (TPSA) is 46.1 Å². The second-order valence-electron chi connectivity index (χ2n) is 6.82. The average molecular weight is 381 g/mol. The van der Waals surface area contributed by atoms with Crippen LogP contribution in [0.5, 0.6) is 0 Å². The van der Waals surface area contributed by atoms with Crippen molar-refractivity contribution in [2.24, 2.45) is 0 Å². The van der Waals surface area contributed by atoms with Gasteiger partial charge >= 0.3 is 0 Å². The molecule has 6 heteroatoms. The lowest BCUT2D eigenvalue weighted by atomic mass is 9.93. The van der Waals surface area contributed by atoms with Crippen molar-refractivity contribution < 1.29 is 9.18 Å². The lowest BCUT2D eigenvalue weighted by Crippen LogP contribution is -2.39. The maximum Gasteiger partial charge on any atom is 0.265 e. The smallest absolute Gasteiger partial charge is 0.265 e. The molecule has 0 radical (unpaired) electrons. The fourth-order valence-electron chi connectivity index (χ4n) is 3.54. The van der Waals surface area contributed by atoms with E-state index in [1.165, 1.54) is 23.5 Å². The lowest BCUT2D eigenvalue weighted by molar-refractivity contribution is 0.0710. The van der Waals surface area contributed by atoms with Crippen molar-refractivity contribution in [2.75, 3.05) is 13.1 Å². The third-order valence-electron chi connectivity index (χ3n) is 4.96. The van der Waals surface area contributed by atoms with Crippen LogP contribution in [0.1, 0.15) is 39.8 Å². The van der Waals surface area contributed by atoms with Gasteiger partial charge < -0.3 is 4.90 Å². The minimum absolute atomic E-state index is 0.0565. The molecule has 2 aromatic heterocycles. The number of piperidine rings is 1. The number of nitrogens with zero attached hydrogens (tertiary/aromatic N) is 3. The largest absolute Gasteiger partial charge is 0.337 e. The van der Waals surface area contributed by atoms with Crippen LogP contribution in [0.4, 0.5) is 4.39 Å². The van der Waals surface area contributed by atoms with E-state index in [4.69, 9.17) is 4.98 Å². The van der Waals surface area contributed by atoms with E-state index in [9.17, 15) is 9.18 Å². The number of hydrogen-bond donors (Lipinski definition) is 0. The van der Waals surface area contributed by atoms with Crippen LogP contribution in [0.2, 0.25) is 0 Å². The molecule has 138 valence electrons. The van der Waals surface area contributed by atoms with E-state index in [2.05, 4.69) is 4.98 Å². The summed E-state index contributed by atoms with van der Waals surface area (Å²) >= 11 is 1.40. The number of likely N-dealkylation sites (tertiary alicyclic amines) is 1. The first-order valence-corrected chi connectivity index (χ1v) is 9.92. The van der Waals surface area contributed by atoms with E-state index in [1.807, 2.05) is 36.1 Å². The summed E-state index contributed by atoms with van der Waals surface area (Å²) < 4.78 is 13.5. The number of benzene rings is 1. The molecule has 1 saturated heterocycles. The van der Waals surface area contributed by atoms with Gasteiger partial charge in [0.1, 0.15) is 10.7 Å². The summed E-state index contributed by atoms with van der Waals surface area (Å²) in [7, 11) is 0. The van der Waals surface area contributed by atoms with Gasteiger partial charge in [-0.2, -0.15) is 0 Å². The first-order valence-electron chi connectivity index (χ1n) is 9.04. The van der Waals surface area contributed by atoms with E-state index < -0.39 is 0 Å². The zero-order valence-electron chi connectivity index (χ0n) is 15.1. The van der Waals surface area contributed by atoms with Crippen molar-refractivity contribution in [3.05, 3.63) is 70.1 Å². The van der Waals surface area contributed by atoms with Crippen LogP contribution in [-0.4, -0.2) is 33.9 Å². The summed E-state index contributed by atoms with van der Waals surface area (Å²) in [6, 6.07) is 12.3. The summed E-state index contributed by atoms with van der Waals surface area (Å²) in [6.45, 7) is 3.28. The van der Waals surface area contributed by atoms with Gasteiger partial charge in [0, 0.05) is 30.3 Å². The molecule has 1 atom stereocenters. The highest BCUT2D eigenvalue weighted by Gasteiger charge is 2.28. The van der Waals surface area contributed by atoms with Crippen LogP contribution in [0.15, 0.2) is 48.0 Å². The van der Waals surface area contributed by atoms with Crippen LogP contribution in [0, 0.1) is 12.7 Å². The van der Waals surface area contributed by atoms with Gasteiger partial charge in [-0.15, -0.1) is 11.3 Å². The van der Waals surface area contributed by atoms with Gasteiger partial charge in [0.05, 0.1) is 16.9 Å². The standard InChI is InChI=1S/C21H20FN3OS/c1-14-20(27-13-23-14)21(26)25-10-4-6-16(12-25)19-9-3-8-18(24-19)15-5-2-7-17(22)11-15/h2-3,5,7-9,11,13,16H,4,6,10,12H2,1H3/t16-/m0/s1. The second-order valence-corrected chi connectivity index (χ2v) is 7.67. The number of carbonyl (C=O) groups excluding carboxylic acids is 1. The summed E-state index contributed by atoms with van der Waals surface area (Å²) in [5, 5.41) is 0. The fraction of sp³-hybridized carbons (Fsp3) is 0.286. The highest BCUT2D eigenvalue weighted by Crippen LogP contribution is 2.29. The molecular formula is C21H20FN3OS. The van der Waals surface area contributed by atoms with Crippen molar-refractivity contribution in [1.82, 2.24) is 14.9 Å². The molecule has 0 N–H and O–H groups in total. The number of thiazole rings is 1. The fourth-order valence-corrected chi connectivity index (χ4v) is 4.31. The molecule has 4 rings (SSSR count). The molecule has 0 saturated carbocycles. The molecule has 0 bridgehead atoms. The molecule has 0 spiro atoms. The first kappa shape index (κ1) is 17.8. The van der Waals surface area contributed by atoms with E-state index in [-0.39, 0.29) is 17.6 Å². The van der Waals surface area contributed by atoms with E-state index in [0.29, 0.717) is 6.54 Å². The van der Waals surface area contributed by atoms with E-state index in [0.717, 1.165) is 46.9 Å². The van der Waals surface area contributed by atoms with Crippen LogP contribution >= 0.6 is 11.3 Å². The zero-order valence-corrected chi connectivity index (χ0v) is 15.9. The molecule has 27 heavy (non-hydrogen) atoms. The van der Waals surface area contributed by atoms with Crippen LogP contribution in [0.25, 0.3) is 11.3 Å². The molecule has 0 aliphatic carbocycles. The highest BCUT2D eigenvalue weighted by molar-refractivity contribution is 7.11. The Morgan fingerprint density at radius 1 is 1.26 bits per heavy atom. The predicted octanol–water partition coefficient (Wildman–Crippen LogP) is 4.67. The van der Waals surface area contributed by atoms with Crippen molar-refractivity contribution >= 4 is 17.2 Å². The minimum Gasteiger partial charge on any atom is -0.337 e. The molecule has 4 nitrogen and oxygen atoms in total. The number of aromatic nitrogens is 2. The van der Waals surface area contributed by atoms with Gasteiger partial charge in [-0.05, 0) is 44.0 Å². The van der Waals surface area contributed by atoms with Gasteiger partial charge in [0.25, 0.3) is 5.91 Å². The Hall–Kier alpha value is -2.60. The van der Waals surface area contributed by atoms with Crippen LogP contribution in [-0.2, 0) is 0 Å². The molecule has 3 heterocycles. The Labute approximate surface area is 161 Å². The molecular weight excluding hydrogens is 361 g/mol. The van der Waals surface area contributed by atoms with Crippen LogP contribution in [0.3, 0.4) is 0 Å². The summed E-state index contributed by atoms with van der Waals surface area (Å²) in [5.74, 6) is -0.0282. The first-order chi connectivity index (χ1) is 13.1. The third kappa shape index (κ3) is 3.76. The van der Waals surface area contributed by atoms with Crippen LogP contribution < -0.4 is 0 Å². The van der Waals surface area contributed by atoms with Gasteiger partial charge in [0.2, 0.25) is 0 Å². The molecule has 1 aromatic carbocycles. The number of pyridine rings is 1. The van der Waals surface area contributed by atoms with Crippen molar-refractivity contribution in [3.63, 3.8) is 0 Å². The van der Waals surface area contributed by atoms with Crippen molar-refractivity contribution in [2.45, 2.75) is 25.7 Å². The zero-order chi connectivity index (χ0) is 18.8. The van der Waals surface area contributed by atoms with Gasteiger partial charge in [-0.3, -0.25) is 9.78 Å². The Morgan fingerprint density at radius 3 is 2.89 bits per heavy atom. The SMILES string of the molecule is Cc1ncsc1C(=O)N1CCC[C@H](c2cccc(-c3cccc(F)c3)n2)C1. The van der Waals surface area contributed by atoms with Crippen molar-refractivity contribution in [3.8, 4) is 11.3 Å². The number of aryl methyl sites for hydroxylation is 1. The number of halogens is 1. The number of carbonyl (C=O) groups is 1. The Bertz CT molecular complexity index is 971. The Kier molecular flexibility index (Phi) is 4.99. The highest BCUT2D eigenvalue weighted by atomic mass is 32.1. The second kappa shape index (κ2) is 7.56. The maximum absolute atomic E-state index is 13.5. The van der Waals surface area contributed by atoms with Gasteiger partial charge in [0.15, 0.2) is 0 Å². The monoisotopic (exact) mass is 381 g/mol. The van der Waals surface area contributed by atoms with Crippen molar-refractivity contribution in [1.29, 1.82) is 0 Å².